The third-order valence-corrected chi connectivity index (χ3v) is 2.36. The Morgan fingerprint density at radius 1 is 1.50 bits per heavy atom. The fraction of sp³-hybridized carbons (Fsp3) is 0.625. The standard InChI is InChI=1S/C8H10N2O4/c11-7(10-2-1-3-10)6-4-5(8(12)13)9-14-6/h6H,1-4H2,(H,12,13). The third kappa shape index (κ3) is 1.43. The highest BCUT2D eigenvalue weighted by Crippen LogP contribution is 2.17. The molecule has 14 heavy (non-hydrogen) atoms. The second-order valence-corrected chi connectivity index (χ2v) is 3.32. The molecule has 1 unspecified atom stereocenters. The van der Waals surface area contributed by atoms with E-state index in [1.165, 1.54) is 0 Å². The maximum atomic E-state index is 11.5. The molecule has 6 nitrogen and oxygen atoms in total. The first-order valence-electron chi connectivity index (χ1n) is 4.43. The fourth-order valence-corrected chi connectivity index (χ4v) is 1.38. The molecule has 0 radical (unpaired) electrons. The van der Waals surface area contributed by atoms with E-state index >= 15 is 0 Å². The summed E-state index contributed by atoms with van der Waals surface area (Å²) in [6, 6.07) is 0. The maximum Gasteiger partial charge on any atom is 0.353 e. The first-order chi connectivity index (χ1) is 6.68. The molecule has 6 heteroatoms. The first-order valence-corrected chi connectivity index (χ1v) is 4.43. The lowest BCUT2D eigenvalue weighted by atomic mass is 10.1. The lowest BCUT2D eigenvalue weighted by molar-refractivity contribution is -0.145. The summed E-state index contributed by atoms with van der Waals surface area (Å²) in [6.07, 6.45) is 0.358. The zero-order valence-corrected chi connectivity index (χ0v) is 7.47. The lowest BCUT2D eigenvalue weighted by Gasteiger charge is -2.32. The van der Waals surface area contributed by atoms with Crippen LogP contribution in [0.1, 0.15) is 12.8 Å². The molecule has 1 saturated heterocycles. The summed E-state index contributed by atoms with van der Waals surface area (Å²) >= 11 is 0. The zero-order valence-electron chi connectivity index (χ0n) is 7.47. The van der Waals surface area contributed by atoms with Crippen LogP contribution in [0, 0.1) is 0 Å². The molecule has 1 amide bonds. The average molecular weight is 198 g/mol. The fourth-order valence-electron chi connectivity index (χ4n) is 1.38. The van der Waals surface area contributed by atoms with Crippen LogP contribution in [-0.4, -0.2) is 46.8 Å². The lowest BCUT2D eigenvalue weighted by Crippen LogP contribution is -2.47. The molecule has 0 aromatic carbocycles. The van der Waals surface area contributed by atoms with Crippen molar-refractivity contribution in [3.05, 3.63) is 0 Å². The number of hydrogen-bond acceptors (Lipinski definition) is 4. The number of likely N-dealkylation sites (tertiary alicyclic amines) is 1. The number of carbonyl (C=O) groups is 2. The number of rotatable bonds is 2. The van der Waals surface area contributed by atoms with Crippen molar-refractivity contribution >= 4 is 17.6 Å². The molecule has 0 spiro atoms. The largest absolute Gasteiger partial charge is 0.477 e. The van der Waals surface area contributed by atoms with Crippen molar-refractivity contribution in [3.8, 4) is 0 Å². The molecule has 0 aliphatic carbocycles. The van der Waals surface area contributed by atoms with Crippen molar-refractivity contribution < 1.29 is 19.5 Å². The molecular weight excluding hydrogens is 188 g/mol. The van der Waals surface area contributed by atoms with Crippen molar-refractivity contribution in [3.63, 3.8) is 0 Å². The van der Waals surface area contributed by atoms with Gasteiger partial charge in [-0.05, 0) is 6.42 Å². The average Bonchev–Trinajstić information content (AvgIpc) is 2.48. The van der Waals surface area contributed by atoms with Gasteiger partial charge in [0.15, 0.2) is 5.71 Å². The molecular formula is C8H10N2O4. The molecule has 2 aliphatic rings. The van der Waals surface area contributed by atoms with Crippen molar-refractivity contribution in [2.24, 2.45) is 5.16 Å². The molecule has 76 valence electrons. The van der Waals surface area contributed by atoms with Gasteiger partial charge in [-0.2, -0.15) is 0 Å². The van der Waals surface area contributed by atoms with Gasteiger partial charge in [-0.3, -0.25) is 4.79 Å². The third-order valence-electron chi connectivity index (χ3n) is 2.36. The van der Waals surface area contributed by atoms with Crippen LogP contribution >= 0.6 is 0 Å². The highest BCUT2D eigenvalue weighted by molar-refractivity contribution is 6.36. The van der Waals surface area contributed by atoms with Gasteiger partial charge in [0.05, 0.1) is 0 Å². The van der Waals surface area contributed by atoms with Crippen molar-refractivity contribution in [2.75, 3.05) is 13.1 Å². The molecule has 1 N–H and O–H groups in total. The molecule has 0 saturated carbocycles. The summed E-state index contributed by atoms with van der Waals surface area (Å²) < 4.78 is 0. The van der Waals surface area contributed by atoms with Crippen molar-refractivity contribution in [1.82, 2.24) is 4.90 Å². The Morgan fingerprint density at radius 3 is 2.64 bits per heavy atom. The minimum absolute atomic E-state index is 0.0741. The normalized spacial score (nSPS) is 25.0. The van der Waals surface area contributed by atoms with Gasteiger partial charge in [-0.15, -0.1) is 0 Å². The van der Waals surface area contributed by atoms with E-state index < -0.39 is 12.1 Å². The molecule has 0 aromatic heterocycles. The molecule has 1 fully saturated rings. The number of hydrogen-bond donors (Lipinski definition) is 1. The van der Waals surface area contributed by atoms with Gasteiger partial charge in [0.1, 0.15) is 0 Å². The minimum Gasteiger partial charge on any atom is -0.477 e. The van der Waals surface area contributed by atoms with Crippen molar-refractivity contribution in [1.29, 1.82) is 0 Å². The van der Waals surface area contributed by atoms with Gasteiger partial charge >= 0.3 is 5.97 Å². The van der Waals surface area contributed by atoms with Gasteiger partial charge in [0.2, 0.25) is 6.10 Å². The summed E-state index contributed by atoms with van der Waals surface area (Å²) in [5, 5.41) is 11.9. The van der Waals surface area contributed by atoms with Gasteiger partial charge in [0.25, 0.3) is 5.91 Å². The van der Waals surface area contributed by atoms with E-state index in [1.54, 1.807) is 4.90 Å². The zero-order chi connectivity index (χ0) is 10.1. The highest BCUT2D eigenvalue weighted by atomic mass is 16.6. The summed E-state index contributed by atoms with van der Waals surface area (Å²) in [5.74, 6) is -1.28. The van der Waals surface area contributed by atoms with E-state index in [-0.39, 0.29) is 18.0 Å². The van der Waals surface area contributed by atoms with Crippen LogP contribution in [0.25, 0.3) is 0 Å². The summed E-state index contributed by atoms with van der Waals surface area (Å²) in [6.45, 7) is 1.47. The Morgan fingerprint density at radius 2 is 2.21 bits per heavy atom. The van der Waals surface area contributed by atoms with Crippen molar-refractivity contribution in [2.45, 2.75) is 18.9 Å². The smallest absolute Gasteiger partial charge is 0.353 e. The summed E-state index contributed by atoms with van der Waals surface area (Å²) in [4.78, 5) is 28.4. The van der Waals surface area contributed by atoms with Crippen LogP contribution in [0.15, 0.2) is 5.16 Å². The van der Waals surface area contributed by atoms with E-state index in [4.69, 9.17) is 9.94 Å². The quantitative estimate of drug-likeness (QED) is 0.645. The van der Waals surface area contributed by atoms with E-state index in [2.05, 4.69) is 5.16 Å². The molecule has 2 aliphatic heterocycles. The minimum atomic E-state index is -1.12. The molecule has 0 aromatic rings. The topological polar surface area (TPSA) is 79.2 Å². The SMILES string of the molecule is O=C(O)C1=NOC(C(=O)N2CCC2)C1. The van der Waals surface area contributed by atoms with Gasteiger partial charge < -0.3 is 14.8 Å². The second kappa shape index (κ2) is 3.28. The van der Waals surface area contributed by atoms with E-state index in [9.17, 15) is 9.59 Å². The van der Waals surface area contributed by atoms with Crippen LogP contribution < -0.4 is 0 Å². The number of carbonyl (C=O) groups excluding carboxylic acids is 1. The van der Waals surface area contributed by atoms with Gasteiger partial charge in [0, 0.05) is 19.5 Å². The molecule has 1 atom stereocenters. The monoisotopic (exact) mass is 198 g/mol. The Kier molecular flexibility index (Phi) is 2.11. The van der Waals surface area contributed by atoms with E-state index in [0.717, 1.165) is 19.5 Å². The number of aliphatic carboxylic acids is 1. The Balaban J connectivity index is 1.91. The van der Waals surface area contributed by atoms with Crippen LogP contribution in [0.3, 0.4) is 0 Å². The van der Waals surface area contributed by atoms with Crippen LogP contribution in [0.2, 0.25) is 0 Å². The predicted octanol–water partition coefficient (Wildman–Crippen LogP) is -0.552. The Hall–Kier alpha value is -1.59. The Bertz CT molecular complexity index is 308. The van der Waals surface area contributed by atoms with Crippen LogP contribution in [-0.2, 0) is 14.4 Å². The predicted molar refractivity (Wildman–Crippen MR) is 45.8 cm³/mol. The van der Waals surface area contributed by atoms with Crippen LogP contribution in [0.5, 0.6) is 0 Å². The number of carboxylic acids is 1. The number of oxime groups is 1. The maximum absolute atomic E-state index is 11.5. The van der Waals surface area contributed by atoms with E-state index in [0.29, 0.717) is 0 Å². The number of nitrogens with zero attached hydrogens (tertiary/aromatic N) is 2. The molecule has 0 bridgehead atoms. The summed E-state index contributed by atoms with van der Waals surface area (Å²) in [7, 11) is 0. The molecule has 2 heterocycles. The number of amides is 1. The molecule has 2 rings (SSSR count). The van der Waals surface area contributed by atoms with Crippen LogP contribution in [0.4, 0.5) is 0 Å². The van der Waals surface area contributed by atoms with E-state index in [1.807, 2.05) is 0 Å². The first kappa shape index (κ1) is 8.98. The van der Waals surface area contributed by atoms with Gasteiger partial charge in [-0.25, -0.2) is 4.79 Å². The second-order valence-electron chi connectivity index (χ2n) is 3.32. The number of carboxylic acid groups (broad SMARTS) is 1. The van der Waals surface area contributed by atoms with Gasteiger partial charge in [-0.1, -0.05) is 5.16 Å². The highest BCUT2D eigenvalue weighted by Gasteiger charge is 2.35. The Labute approximate surface area is 80.1 Å². The summed E-state index contributed by atoms with van der Waals surface area (Å²) in [5.41, 5.74) is -0.0797.